The highest BCUT2D eigenvalue weighted by molar-refractivity contribution is 7.56. The second kappa shape index (κ2) is 5.16. The third-order valence-electron chi connectivity index (χ3n) is 3.54. The van der Waals surface area contributed by atoms with E-state index >= 15 is 0 Å². The summed E-state index contributed by atoms with van der Waals surface area (Å²) < 4.78 is 20.9. The molecule has 1 aromatic carbocycles. The van der Waals surface area contributed by atoms with Crippen molar-refractivity contribution in [3.8, 4) is 0 Å². The van der Waals surface area contributed by atoms with Crippen LogP contribution in [0.3, 0.4) is 0 Å². The van der Waals surface area contributed by atoms with E-state index in [-0.39, 0.29) is 18.2 Å². The third kappa shape index (κ3) is 2.27. The molecule has 100 valence electrons. The Bertz CT molecular complexity index is 446. The van der Waals surface area contributed by atoms with Gasteiger partial charge >= 0.3 is 0 Å². The van der Waals surface area contributed by atoms with E-state index in [9.17, 15) is 4.57 Å². The number of benzene rings is 1. The largest absolute Gasteiger partial charge is 0.308 e. The van der Waals surface area contributed by atoms with Crippen LogP contribution < -0.4 is 0 Å². The van der Waals surface area contributed by atoms with Crippen LogP contribution in [0.15, 0.2) is 30.3 Å². The second-order valence-corrected chi connectivity index (χ2v) is 7.68. The summed E-state index contributed by atoms with van der Waals surface area (Å²) in [5.74, 6) is 0. The first-order chi connectivity index (χ1) is 8.49. The van der Waals surface area contributed by atoms with Gasteiger partial charge in [0, 0.05) is 18.2 Å². The summed E-state index contributed by atoms with van der Waals surface area (Å²) in [6, 6.07) is 10.5. The van der Waals surface area contributed by atoms with E-state index < -0.39 is 7.52 Å². The number of rotatable bonds is 3. The fourth-order valence-corrected chi connectivity index (χ4v) is 5.40. The van der Waals surface area contributed by atoms with Crippen molar-refractivity contribution in [2.24, 2.45) is 0 Å². The Labute approximate surface area is 110 Å². The van der Waals surface area contributed by atoms with Gasteiger partial charge in [0.2, 0.25) is 0 Å². The number of hydrogen-bond donors (Lipinski definition) is 0. The van der Waals surface area contributed by atoms with Crippen LogP contribution in [0.2, 0.25) is 0 Å². The van der Waals surface area contributed by atoms with Gasteiger partial charge < -0.3 is 4.52 Å². The molecule has 0 aliphatic carbocycles. The lowest BCUT2D eigenvalue weighted by molar-refractivity contribution is 0.197. The molecule has 0 saturated carbocycles. The van der Waals surface area contributed by atoms with E-state index in [1.54, 1.807) is 0 Å². The fraction of sp³-hybridized carbons (Fsp3) is 0.571. The molecule has 0 spiro atoms. The van der Waals surface area contributed by atoms with E-state index in [1.165, 1.54) is 0 Å². The predicted molar refractivity (Wildman–Crippen MR) is 74.9 cm³/mol. The Morgan fingerprint density at radius 3 is 2.39 bits per heavy atom. The molecule has 3 atom stereocenters. The lowest BCUT2D eigenvalue weighted by Crippen LogP contribution is -2.33. The molecule has 0 amide bonds. The van der Waals surface area contributed by atoms with Crippen molar-refractivity contribution in [3.05, 3.63) is 35.9 Å². The molecule has 18 heavy (non-hydrogen) atoms. The molecule has 0 unspecified atom stereocenters. The summed E-state index contributed by atoms with van der Waals surface area (Å²) in [7, 11) is -2.66. The van der Waals surface area contributed by atoms with Crippen molar-refractivity contribution in [1.82, 2.24) is 4.67 Å². The van der Waals surface area contributed by atoms with Crippen LogP contribution in [0.4, 0.5) is 0 Å². The van der Waals surface area contributed by atoms with E-state index in [1.807, 2.05) is 37.3 Å². The number of nitrogens with zero attached hydrogens (tertiary/aromatic N) is 1. The molecule has 1 aliphatic rings. The van der Waals surface area contributed by atoms with Gasteiger partial charge in [0.05, 0.1) is 0 Å². The zero-order valence-electron chi connectivity index (χ0n) is 11.5. The first-order valence-corrected chi connectivity index (χ1v) is 8.37. The number of hydrogen-bond acceptors (Lipinski definition) is 2. The molecule has 0 bridgehead atoms. The van der Waals surface area contributed by atoms with Crippen molar-refractivity contribution < 1.29 is 9.09 Å². The van der Waals surface area contributed by atoms with Crippen LogP contribution >= 0.6 is 7.52 Å². The Kier molecular flexibility index (Phi) is 3.96. The maximum Gasteiger partial charge on any atom is 0.273 e. The fourth-order valence-electron chi connectivity index (χ4n) is 2.78. The second-order valence-electron chi connectivity index (χ2n) is 5.10. The van der Waals surface area contributed by atoms with Gasteiger partial charge in [-0.3, -0.25) is 4.57 Å². The molecule has 0 radical (unpaired) electrons. The smallest absolute Gasteiger partial charge is 0.273 e. The zero-order valence-corrected chi connectivity index (χ0v) is 12.4. The van der Waals surface area contributed by atoms with Gasteiger partial charge in [-0.2, -0.15) is 0 Å². The summed E-state index contributed by atoms with van der Waals surface area (Å²) in [5.41, 5.74) is 1.11. The molecule has 1 aromatic rings. The van der Waals surface area contributed by atoms with E-state index in [4.69, 9.17) is 4.52 Å². The summed E-state index contributed by atoms with van der Waals surface area (Å²) in [6.07, 6.45) is 0.484. The zero-order chi connectivity index (χ0) is 13.3. The van der Waals surface area contributed by atoms with E-state index in [0.29, 0.717) is 6.16 Å². The van der Waals surface area contributed by atoms with Gasteiger partial charge in [0.15, 0.2) is 0 Å². The highest BCUT2D eigenvalue weighted by atomic mass is 31.2. The minimum Gasteiger partial charge on any atom is -0.308 e. The molecule has 2 rings (SSSR count). The van der Waals surface area contributed by atoms with Crippen LogP contribution in [-0.2, 0) is 9.09 Å². The minimum absolute atomic E-state index is 0.0839. The maximum atomic E-state index is 12.9. The first kappa shape index (κ1) is 13.8. The predicted octanol–water partition coefficient (Wildman–Crippen LogP) is 4.07. The molecule has 0 aromatic heterocycles. The monoisotopic (exact) mass is 267 g/mol. The quantitative estimate of drug-likeness (QED) is 0.773. The van der Waals surface area contributed by atoms with E-state index in [2.05, 4.69) is 25.4 Å². The van der Waals surface area contributed by atoms with Crippen molar-refractivity contribution >= 4 is 7.52 Å². The summed E-state index contributed by atoms with van der Waals surface area (Å²) >= 11 is 0. The van der Waals surface area contributed by atoms with Crippen molar-refractivity contribution in [2.45, 2.75) is 45.9 Å². The SMILES string of the molecule is CC[P@]1(=O)O[C@@H](c2ccccc2)[C@@H](C)N1C(C)C. The molecular formula is C14H22NO2P. The molecule has 1 heterocycles. The van der Waals surface area contributed by atoms with Crippen molar-refractivity contribution in [3.63, 3.8) is 0 Å². The third-order valence-corrected chi connectivity index (χ3v) is 6.43. The highest BCUT2D eigenvalue weighted by Gasteiger charge is 2.48. The van der Waals surface area contributed by atoms with Gasteiger partial charge in [0.25, 0.3) is 7.52 Å². The Balaban J connectivity index is 2.35. The van der Waals surface area contributed by atoms with Crippen LogP contribution in [0.25, 0.3) is 0 Å². The van der Waals surface area contributed by atoms with Gasteiger partial charge in [0.1, 0.15) is 6.10 Å². The Hall–Kier alpha value is -0.630. The normalized spacial score (nSPS) is 33.2. The average Bonchev–Trinajstić information content (AvgIpc) is 2.63. The van der Waals surface area contributed by atoms with Gasteiger partial charge in [-0.05, 0) is 26.3 Å². The van der Waals surface area contributed by atoms with Crippen LogP contribution in [0, 0.1) is 0 Å². The molecule has 1 aliphatic heterocycles. The molecule has 0 N–H and O–H groups in total. The highest BCUT2D eigenvalue weighted by Crippen LogP contribution is 2.63. The standard InChI is InChI=1S/C14H22NO2P/c1-5-18(16)15(11(2)3)12(4)14(17-18)13-9-7-6-8-10-13/h6-12,14H,5H2,1-4H3/t12-,14-,18+/m1/s1. The topological polar surface area (TPSA) is 29.5 Å². The van der Waals surface area contributed by atoms with Crippen molar-refractivity contribution in [1.29, 1.82) is 0 Å². The Morgan fingerprint density at radius 1 is 1.33 bits per heavy atom. The molecule has 4 heteroatoms. The molecule has 1 saturated heterocycles. The molecular weight excluding hydrogens is 245 g/mol. The summed E-state index contributed by atoms with van der Waals surface area (Å²) in [4.78, 5) is 0. The van der Waals surface area contributed by atoms with E-state index in [0.717, 1.165) is 5.56 Å². The van der Waals surface area contributed by atoms with Crippen LogP contribution in [0.1, 0.15) is 39.4 Å². The van der Waals surface area contributed by atoms with Gasteiger partial charge in [-0.1, -0.05) is 37.3 Å². The van der Waals surface area contributed by atoms with Crippen molar-refractivity contribution in [2.75, 3.05) is 6.16 Å². The lowest BCUT2D eigenvalue weighted by Gasteiger charge is -2.28. The maximum absolute atomic E-state index is 12.9. The van der Waals surface area contributed by atoms with Gasteiger partial charge in [-0.25, -0.2) is 4.67 Å². The summed E-state index contributed by atoms with van der Waals surface area (Å²) in [5, 5.41) is 0. The molecule has 3 nitrogen and oxygen atoms in total. The van der Waals surface area contributed by atoms with Crippen LogP contribution in [0.5, 0.6) is 0 Å². The molecule has 1 fully saturated rings. The summed E-state index contributed by atoms with van der Waals surface area (Å²) in [6.45, 7) is 8.20. The minimum atomic E-state index is -2.66. The Morgan fingerprint density at radius 2 is 1.94 bits per heavy atom. The first-order valence-electron chi connectivity index (χ1n) is 6.61. The van der Waals surface area contributed by atoms with Gasteiger partial charge in [-0.15, -0.1) is 0 Å². The average molecular weight is 267 g/mol. The lowest BCUT2D eigenvalue weighted by atomic mass is 10.0. The van der Waals surface area contributed by atoms with Crippen LogP contribution in [-0.4, -0.2) is 22.9 Å².